The largest absolute Gasteiger partial charge is 0.472 e. The topological polar surface area (TPSA) is 68.2 Å². The van der Waals surface area contributed by atoms with Gasteiger partial charge in [0.2, 0.25) is 5.88 Å². The average Bonchev–Trinajstić information content (AvgIpc) is 3.36. The van der Waals surface area contributed by atoms with Crippen LogP contribution in [0.4, 0.5) is 0 Å². The van der Waals surface area contributed by atoms with Gasteiger partial charge < -0.3 is 9.64 Å². The molecule has 0 aromatic carbocycles. The molecule has 158 valence electrons. The summed E-state index contributed by atoms with van der Waals surface area (Å²) in [5.74, 6) is 1.09. The molecule has 3 atom stereocenters. The van der Waals surface area contributed by atoms with Crippen LogP contribution in [0.25, 0.3) is 11.4 Å². The van der Waals surface area contributed by atoms with Crippen LogP contribution in [0.3, 0.4) is 0 Å². The highest BCUT2D eigenvalue weighted by atomic mass is 16.5. The summed E-state index contributed by atoms with van der Waals surface area (Å²) in [6.45, 7) is 6.73. The summed E-state index contributed by atoms with van der Waals surface area (Å²) in [5, 5.41) is 0. The van der Waals surface area contributed by atoms with Crippen molar-refractivity contribution in [2.75, 3.05) is 6.54 Å². The number of piperidine rings is 1. The van der Waals surface area contributed by atoms with Crippen molar-refractivity contribution in [2.24, 2.45) is 5.92 Å². The van der Waals surface area contributed by atoms with Gasteiger partial charge in [0.1, 0.15) is 11.8 Å². The van der Waals surface area contributed by atoms with Gasteiger partial charge in [0.15, 0.2) is 0 Å². The minimum atomic E-state index is -0.0317. The number of nitrogens with zero attached hydrogens (tertiary/aromatic N) is 4. The Labute approximate surface area is 182 Å². The molecule has 6 heteroatoms. The van der Waals surface area contributed by atoms with E-state index in [0.717, 1.165) is 41.8 Å². The summed E-state index contributed by atoms with van der Waals surface area (Å²) in [6, 6.07) is 9.78. The lowest BCUT2D eigenvalue weighted by Crippen LogP contribution is -2.47. The highest BCUT2D eigenvalue weighted by molar-refractivity contribution is 6.00. The van der Waals surface area contributed by atoms with Crippen LogP contribution in [0, 0.1) is 26.7 Å². The molecule has 1 aliphatic heterocycles. The lowest BCUT2D eigenvalue weighted by atomic mass is 10.0. The minimum Gasteiger partial charge on any atom is -0.472 e. The van der Waals surface area contributed by atoms with Gasteiger partial charge >= 0.3 is 0 Å². The number of carbonyl (C=O) groups excluding carboxylic acids is 1. The quantitative estimate of drug-likeness (QED) is 0.642. The van der Waals surface area contributed by atoms with Gasteiger partial charge in [-0.2, -0.15) is 0 Å². The van der Waals surface area contributed by atoms with Crippen LogP contribution in [0.15, 0.2) is 48.9 Å². The fourth-order valence-corrected chi connectivity index (χ4v) is 4.81. The molecule has 0 radical (unpaired) electrons. The summed E-state index contributed by atoms with van der Waals surface area (Å²) < 4.78 is 6.21. The Balaban J connectivity index is 1.44. The van der Waals surface area contributed by atoms with Gasteiger partial charge in [-0.1, -0.05) is 12.1 Å². The molecule has 4 heterocycles. The summed E-state index contributed by atoms with van der Waals surface area (Å²) in [4.78, 5) is 29.2. The molecule has 3 aromatic heterocycles. The third-order valence-corrected chi connectivity index (χ3v) is 6.33. The van der Waals surface area contributed by atoms with Gasteiger partial charge in [0, 0.05) is 31.2 Å². The number of amides is 1. The van der Waals surface area contributed by atoms with Crippen LogP contribution in [0.1, 0.15) is 39.9 Å². The molecule has 0 spiro atoms. The highest BCUT2D eigenvalue weighted by Gasteiger charge is 2.48. The van der Waals surface area contributed by atoms with E-state index < -0.39 is 0 Å². The monoisotopic (exact) mass is 414 g/mol. The van der Waals surface area contributed by atoms with Gasteiger partial charge in [0.05, 0.1) is 17.3 Å². The number of carbonyl (C=O) groups is 1. The first-order valence-corrected chi connectivity index (χ1v) is 10.8. The second kappa shape index (κ2) is 7.76. The fraction of sp³-hybridized carbons (Fsp3) is 0.360. The summed E-state index contributed by atoms with van der Waals surface area (Å²) in [7, 11) is 0. The maximum atomic E-state index is 13.7. The standard InChI is InChI=1S/C25H26N4O2/c1-15-6-7-22(27-12-15)31-21-11-18-10-20(21)29(14-18)25(30)19-9-16(2)13-28-24(19)23-17(3)5-4-8-26-23/h4-9,12-13,18,20-21H,10-11,14H2,1-3H3. The van der Waals surface area contributed by atoms with Crippen molar-refractivity contribution < 1.29 is 9.53 Å². The molecule has 1 saturated carbocycles. The number of rotatable bonds is 4. The first-order valence-electron chi connectivity index (χ1n) is 10.8. The second-order valence-electron chi connectivity index (χ2n) is 8.77. The molecule has 3 unspecified atom stereocenters. The van der Waals surface area contributed by atoms with Crippen LogP contribution < -0.4 is 4.74 Å². The minimum absolute atomic E-state index is 0.00826. The Morgan fingerprint density at radius 3 is 2.58 bits per heavy atom. The molecule has 0 N–H and O–H groups in total. The number of pyridine rings is 3. The van der Waals surface area contributed by atoms with E-state index in [1.807, 2.05) is 62.2 Å². The van der Waals surface area contributed by atoms with Crippen molar-refractivity contribution in [3.63, 3.8) is 0 Å². The van der Waals surface area contributed by atoms with Gasteiger partial charge in [-0.25, -0.2) is 4.98 Å². The number of ether oxygens (including phenoxy) is 1. The molecule has 3 aromatic rings. The van der Waals surface area contributed by atoms with Crippen molar-refractivity contribution in [1.82, 2.24) is 19.9 Å². The number of aryl methyl sites for hydroxylation is 3. The van der Waals surface area contributed by atoms with Crippen LogP contribution in [0.2, 0.25) is 0 Å². The molecule has 1 amide bonds. The van der Waals surface area contributed by atoms with Crippen molar-refractivity contribution >= 4 is 5.91 Å². The van der Waals surface area contributed by atoms with E-state index in [9.17, 15) is 4.79 Å². The molecule has 5 rings (SSSR count). The van der Waals surface area contributed by atoms with Crippen LogP contribution >= 0.6 is 0 Å². The van der Waals surface area contributed by atoms with Gasteiger partial charge in [-0.3, -0.25) is 14.8 Å². The number of hydrogen-bond acceptors (Lipinski definition) is 5. The maximum absolute atomic E-state index is 13.7. The number of aromatic nitrogens is 3. The molecule has 2 bridgehead atoms. The molecule has 2 aliphatic rings. The Morgan fingerprint density at radius 1 is 1.00 bits per heavy atom. The van der Waals surface area contributed by atoms with Crippen molar-refractivity contribution in [2.45, 2.75) is 45.8 Å². The maximum Gasteiger partial charge on any atom is 0.256 e. The molecular formula is C25H26N4O2. The Kier molecular flexibility index (Phi) is 4.93. The van der Waals surface area contributed by atoms with E-state index in [0.29, 0.717) is 23.1 Å². The second-order valence-corrected chi connectivity index (χ2v) is 8.77. The molecule has 1 aliphatic carbocycles. The molecule has 31 heavy (non-hydrogen) atoms. The zero-order chi connectivity index (χ0) is 21.5. The van der Waals surface area contributed by atoms with E-state index in [2.05, 4.69) is 15.0 Å². The van der Waals surface area contributed by atoms with Crippen molar-refractivity contribution in [1.29, 1.82) is 0 Å². The van der Waals surface area contributed by atoms with Gasteiger partial charge in [-0.05, 0) is 68.4 Å². The zero-order valence-electron chi connectivity index (χ0n) is 18.1. The zero-order valence-corrected chi connectivity index (χ0v) is 18.1. The Morgan fingerprint density at radius 2 is 1.84 bits per heavy atom. The molecule has 6 nitrogen and oxygen atoms in total. The normalized spacial score (nSPS) is 22.0. The third kappa shape index (κ3) is 3.67. The van der Waals surface area contributed by atoms with E-state index in [1.54, 1.807) is 12.4 Å². The first-order chi connectivity index (χ1) is 15.0. The first kappa shape index (κ1) is 19.7. The predicted octanol–water partition coefficient (Wildman–Crippen LogP) is 4.15. The Bertz CT molecular complexity index is 1130. The SMILES string of the molecule is Cc1ccc(OC2CC3CC2N(C(=O)c2cc(C)cnc2-c2ncccc2C)C3)nc1. The smallest absolute Gasteiger partial charge is 0.256 e. The van der Waals surface area contributed by atoms with Crippen LogP contribution in [-0.2, 0) is 0 Å². The lowest BCUT2D eigenvalue weighted by Gasteiger charge is -2.33. The highest BCUT2D eigenvalue weighted by Crippen LogP contribution is 2.41. The average molecular weight is 415 g/mol. The van der Waals surface area contributed by atoms with E-state index in [4.69, 9.17) is 4.74 Å². The summed E-state index contributed by atoms with van der Waals surface area (Å²) in [5.41, 5.74) is 5.08. The van der Waals surface area contributed by atoms with Crippen molar-refractivity contribution in [3.05, 3.63) is 71.2 Å². The Hall–Kier alpha value is -3.28. The number of fused-ring (bicyclic) bond motifs is 2. The van der Waals surface area contributed by atoms with E-state index >= 15 is 0 Å². The number of likely N-dealkylation sites (tertiary alicyclic amines) is 1. The summed E-state index contributed by atoms with van der Waals surface area (Å²) >= 11 is 0. The van der Waals surface area contributed by atoms with E-state index in [1.165, 1.54) is 0 Å². The molecular weight excluding hydrogens is 388 g/mol. The predicted molar refractivity (Wildman–Crippen MR) is 118 cm³/mol. The molecule has 1 saturated heterocycles. The van der Waals surface area contributed by atoms with Crippen molar-refractivity contribution in [3.8, 4) is 17.3 Å². The summed E-state index contributed by atoms with van der Waals surface area (Å²) in [6.07, 6.45) is 7.25. The van der Waals surface area contributed by atoms with E-state index in [-0.39, 0.29) is 18.1 Å². The van der Waals surface area contributed by atoms with Gasteiger partial charge in [-0.15, -0.1) is 0 Å². The van der Waals surface area contributed by atoms with Gasteiger partial charge in [0.25, 0.3) is 5.91 Å². The molecule has 2 fully saturated rings. The number of hydrogen-bond donors (Lipinski definition) is 0. The van der Waals surface area contributed by atoms with Crippen LogP contribution in [0.5, 0.6) is 5.88 Å². The third-order valence-electron chi connectivity index (χ3n) is 6.33. The van der Waals surface area contributed by atoms with Crippen LogP contribution in [-0.4, -0.2) is 44.4 Å². The lowest BCUT2D eigenvalue weighted by molar-refractivity contribution is 0.0467. The fourth-order valence-electron chi connectivity index (χ4n) is 4.81.